The smallest absolute Gasteiger partial charge is 0.151 e. The van der Waals surface area contributed by atoms with Crippen molar-refractivity contribution in [1.29, 1.82) is 0 Å². The zero-order valence-electron chi connectivity index (χ0n) is 10.6. The van der Waals surface area contributed by atoms with E-state index in [1.807, 2.05) is 0 Å². The first-order valence-electron chi connectivity index (χ1n) is 5.54. The van der Waals surface area contributed by atoms with Crippen molar-refractivity contribution in [3.05, 3.63) is 25.3 Å². The van der Waals surface area contributed by atoms with Gasteiger partial charge in [0.1, 0.15) is 24.4 Å². The van der Waals surface area contributed by atoms with Crippen LogP contribution < -0.4 is 0 Å². The molecule has 0 aromatic carbocycles. The molecule has 0 amide bonds. The molecule has 0 bridgehead atoms. The van der Waals surface area contributed by atoms with E-state index in [4.69, 9.17) is 30.3 Å². The number of aliphatic hydroxyl groups is 5. The molecular formula is C12H22O7. The second-order valence-corrected chi connectivity index (χ2v) is 3.47. The van der Waals surface area contributed by atoms with Crippen molar-refractivity contribution >= 4 is 6.29 Å². The van der Waals surface area contributed by atoms with E-state index in [9.17, 15) is 4.79 Å². The summed E-state index contributed by atoms with van der Waals surface area (Å²) in [4.78, 5) is 9.90. The Morgan fingerprint density at radius 1 is 1.00 bits per heavy atom. The minimum atomic E-state index is -1.79. The highest BCUT2D eigenvalue weighted by Gasteiger charge is 2.29. The lowest BCUT2D eigenvalue weighted by Gasteiger charge is -2.22. The molecule has 4 atom stereocenters. The maximum absolute atomic E-state index is 9.90. The van der Waals surface area contributed by atoms with Crippen molar-refractivity contribution in [3.8, 4) is 0 Å². The zero-order valence-corrected chi connectivity index (χ0v) is 10.6. The molecule has 0 fully saturated rings. The zero-order chi connectivity index (χ0) is 15.3. The Morgan fingerprint density at radius 3 is 1.79 bits per heavy atom. The topological polar surface area (TPSA) is 127 Å². The van der Waals surface area contributed by atoms with Gasteiger partial charge in [-0.15, -0.1) is 13.2 Å². The summed E-state index contributed by atoms with van der Waals surface area (Å²) in [7, 11) is 0. The van der Waals surface area contributed by atoms with Crippen LogP contribution >= 0.6 is 0 Å². The first kappa shape index (κ1) is 20.2. The predicted molar refractivity (Wildman–Crippen MR) is 68.4 cm³/mol. The molecule has 0 aliphatic heterocycles. The Labute approximate surface area is 112 Å². The van der Waals surface area contributed by atoms with Crippen molar-refractivity contribution in [2.24, 2.45) is 0 Å². The average Bonchev–Trinajstić information content (AvgIpc) is 2.45. The molecule has 5 N–H and O–H groups in total. The summed E-state index contributed by atoms with van der Waals surface area (Å²) in [5, 5.41) is 43.5. The summed E-state index contributed by atoms with van der Waals surface area (Å²) in [6, 6.07) is 0. The third kappa shape index (κ3) is 10.5. The van der Waals surface area contributed by atoms with Crippen molar-refractivity contribution < 1.29 is 35.1 Å². The van der Waals surface area contributed by atoms with Gasteiger partial charge in [-0.2, -0.15) is 0 Å². The number of hydrogen-bond acceptors (Lipinski definition) is 7. The lowest BCUT2D eigenvalue weighted by atomic mass is 10.0. The first-order chi connectivity index (χ1) is 8.95. The van der Waals surface area contributed by atoms with Crippen molar-refractivity contribution in [2.75, 3.05) is 19.8 Å². The van der Waals surface area contributed by atoms with Crippen molar-refractivity contribution in [3.63, 3.8) is 0 Å². The van der Waals surface area contributed by atoms with Gasteiger partial charge in [0.2, 0.25) is 0 Å². The number of hydrogen-bond donors (Lipinski definition) is 5. The molecule has 0 radical (unpaired) electrons. The average molecular weight is 278 g/mol. The van der Waals surface area contributed by atoms with Crippen molar-refractivity contribution in [2.45, 2.75) is 24.4 Å². The molecule has 7 nitrogen and oxygen atoms in total. The Balaban J connectivity index is 0. The molecule has 0 spiro atoms. The monoisotopic (exact) mass is 278 g/mol. The fraction of sp³-hybridized carbons (Fsp3) is 0.583. The highest BCUT2D eigenvalue weighted by Crippen LogP contribution is 2.02. The molecule has 112 valence electrons. The lowest BCUT2D eigenvalue weighted by Crippen LogP contribution is -2.46. The van der Waals surface area contributed by atoms with Gasteiger partial charge in [-0.3, -0.25) is 0 Å². The predicted octanol–water partition coefficient (Wildman–Crippen LogP) is -2.00. The summed E-state index contributed by atoms with van der Waals surface area (Å²) in [6.07, 6.45) is -3.42. The Hall–Kier alpha value is -1.09. The summed E-state index contributed by atoms with van der Waals surface area (Å²) < 4.78 is 4.90. The van der Waals surface area contributed by atoms with Gasteiger partial charge in [0.25, 0.3) is 0 Å². The SMILES string of the molecule is C=CCOCC=C.O=C[C@H](O)[C@@H](O)[C@H](O)[C@H](O)CO. The molecule has 0 saturated carbocycles. The maximum Gasteiger partial charge on any atom is 0.151 e. The van der Waals surface area contributed by atoms with Crippen LogP contribution in [0.4, 0.5) is 0 Å². The molecule has 7 heteroatoms. The van der Waals surface area contributed by atoms with Gasteiger partial charge < -0.3 is 35.1 Å². The van der Waals surface area contributed by atoms with Gasteiger partial charge in [0.15, 0.2) is 6.29 Å². The van der Waals surface area contributed by atoms with Crippen LogP contribution in [-0.2, 0) is 9.53 Å². The second-order valence-electron chi connectivity index (χ2n) is 3.47. The molecular weight excluding hydrogens is 256 g/mol. The van der Waals surface area contributed by atoms with E-state index in [1.54, 1.807) is 12.2 Å². The maximum atomic E-state index is 9.90. The van der Waals surface area contributed by atoms with Gasteiger partial charge in [0, 0.05) is 0 Å². The number of aldehydes is 1. The third-order valence-corrected chi connectivity index (χ3v) is 1.89. The lowest BCUT2D eigenvalue weighted by molar-refractivity contribution is -0.136. The van der Waals surface area contributed by atoms with Crippen LogP contribution in [0.5, 0.6) is 0 Å². The highest BCUT2D eigenvalue weighted by molar-refractivity contribution is 5.56. The van der Waals surface area contributed by atoms with Crippen molar-refractivity contribution in [1.82, 2.24) is 0 Å². The van der Waals surface area contributed by atoms with E-state index in [-0.39, 0.29) is 6.29 Å². The second kappa shape index (κ2) is 13.3. The number of aliphatic hydroxyl groups excluding tert-OH is 5. The van der Waals surface area contributed by atoms with Gasteiger partial charge in [0.05, 0.1) is 19.8 Å². The number of carbonyl (C=O) groups is 1. The number of carbonyl (C=O) groups excluding carboxylic acids is 1. The van der Waals surface area contributed by atoms with Crippen LogP contribution in [0.25, 0.3) is 0 Å². The van der Waals surface area contributed by atoms with Gasteiger partial charge in [-0.25, -0.2) is 0 Å². The van der Waals surface area contributed by atoms with Gasteiger partial charge in [-0.05, 0) is 0 Å². The minimum absolute atomic E-state index is 0.0258. The third-order valence-electron chi connectivity index (χ3n) is 1.89. The molecule has 19 heavy (non-hydrogen) atoms. The van der Waals surface area contributed by atoms with E-state index >= 15 is 0 Å². The van der Waals surface area contributed by atoms with Crippen LogP contribution in [0.3, 0.4) is 0 Å². The van der Waals surface area contributed by atoms with Crippen LogP contribution in [0.15, 0.2) is 25.3 Å². The number of rotatable bonds is 9. The van der Waals surface area contributed by atoms with Crippen LogP contribution in [0.2, 0.25) is 0 Å². The normalized spacial score (nSPS) is 16.3. The summed E-state index contributed by atoms with van der Waals surface area (Å²) in [6.45, 7) is 7.42. The standard InChI is InChI=1S/C6H12O6.C6H10O/c7-1-3(9)5(11)6(12)4(10)2-8;1-3-5-7-6-4-2/h1,3-6,8-12H,2H2;3-4H,1-2,5-6H2/t3-,4+,5+,6+;/m0./s1. The molecule has 0 aromatic rings. The van der Waals surface area contributed by atoms with Crippen LogP contribution in [-0.4, -0.2) is 76.1 Å². The molecule has 0 aromatic heterocycles. The molecule has 0 saturated heterocycles. The van der Waals surface area contributed by atoms with Crippen LogP contribution in [0, 0.1) is 0 Å². The largest absolute Gasteiger partial charge is 0.394 e. The van der Waals surface area contributed by atoms with E-state index < -0.39 is 31.0 Å². The van der Waals surface area contributed by atoms with Gasteiger partial charge >= 0.3 is 0 Å². The molecule has 0 rings (SSSR count). The molecule has 0 aliphatic carbocycles. The molecule has 0 aliphatic rings. The van der Waals surface area contributed by atoms with E-state index in [1.165, 1.54) is 0 Å². The van der Waals surface area contributed by atoms with E-state index in [2.05, 4.69) is 13.2 Å². The summed E-state index contributed by atoms with van der Waals surface area (Å²) in [5.74, 6) is 0. The Morgan fingerprint density at radius 2 is 1.47 bits per heavy atom. The summed E-state index contributed by atoms with van der Waals surface area (Å²) >= 11 is 0. The van der Waals surface area contributed by atoms with E-state index in [0.717, 1.165) is 0 Å². The van der Waals surface area contributed by atoms with Gasteiger partial charge in [-0.1, -0.05) is 12.2 Å². The summed E-state index contributed by atoms with van der Waals surface area (Å²) in [5.41, 5.74) is 0. The minimum Gasteiger partial charge on any atom is -0.394 e. The molecule has 0 unspecified atom stereocenters. The first-order valence-corrected chi connectivity index (χ1v) is 5.54. The fourth-order valence-electron chi connectivity index (χ4n) is 0.853. The van der Waals surface area contributed by atoms with Crippen LogP contribution in [0.1, 0.15) is 0 Å². The quantitative estimate of drug-likeness (QED) is 0.187. The highest BCUT2D eigenvalue weighted by atomic mass is 16.5. The Bertz CT molecular complexity index is 236. The molecule has 0 heterocycles. The Kier molecular flexibility index (Phi) is 14.2. The fourth-order valence-corrected chi connectivity index (χ4v) is 0.853. The van der Waals surface area contributed by atoms with E-state index in [0.29, 0.717) is 13.2 Å². The number of ether oxygens (including phenoxy) is 1.